The van der Waals surface area contributed by atoms with E-state index in [0.29, 0.717) is 23.0 Å². The molecule has 1 aromatic carbocycles. The minimum atomic E-state index is -0.354. The quantitative estimate of drug-likeness (QED) is 0.599. The average molecular weight is 359 g/mol. The zero-order valence-corrected chi connectivity index (χ0v) is 14.7. The Morgan fingerprint density at radius 2 is 2.00 bits per heavy atom. The second-order valence-electron chi connectivity index (χ2n) is 5.19. The molecule has 0 radical (unpaired) electrons. The van der Waals surface area contributed by atoms with E-state index >= 15 is 0 Å². The Morgan fingerprint density at radius 1 is 1.16 bits per heavy atom. The Balaban J connectivity index is 1.56. The zero-order chi connectivity index (χ0) is 17.6. The van der Waals surface area contributed by atoms with E-state index < -0.39 is 0 Å². The highest BCUT2D eigenvalue weighted by atomic mass is 32.1. The largest absolute Gasteiger partial charge is 0.493 e. The van der Waals surface area contributed by atoms with Gasteiger partial charge in [0.05, 0.1) is 25.5 Å². The van der Waals surface area contributed by atoms with Gasteiger partial charge in [-0.2, -0.15) is 0 Å². The summed E-state index contributed by atoms with van der Waals surface area (Å²) in [5.74, 6) is 1.50. The number of carbonyl (C=O) groups excluding carboxylic acids is 1. The highest BCUT2D eigenvalue weighted by Gasteiger charge is 2.12. The lowest BCUT2D eigenvalue weighted by Crippen LogP contribution is -2.08. The lowest BCUT2D eigenvalue weighted by Gasteiger charge is -2.09. The fourth-order valence-electron chi connectivity index (χ4n) is 2.28. The number of esters is 1. The molecule has 0 bridgehead atoms. The minimum Gasteiger partial charge on any atom is -0.493 e. The summed E-state index contributed by atoms with van der Waals surface area (Å²) in [6.45, 7) is 0.0704. The van der Waals surface area contributed by atoms with E-state index in [-0.39, 0.29) is 19.0 Å². The summed E-state index contributed by atoms with van der Waals surface area (Å²) in [5.41, 5.74) is 1.35. The number of nitrogens with zero attached hydrogens (tertiary/aromatic N) is 1. The Hall–Kier alpha value is -2.80. The molecule has 0 atom stereocenters. The highest BCUT2D eigenvalue weighted by molar-refractivity contribution is 7.13. The van der Waals surface area contributed by atoms with Gasteiger partial charge in [-0.1, -0.05) is 17.3 Å². The van der Waals surface area contributed by atoms with E-state index in [1.165, 1.54) is 0 Å². The molecule has 2 aromatic heterocycles. The molecule has 0 N–H and O–H groups in total. The van der Waals surface area contributed by atoms with Gasteiger partial charge in [-0.25, -0.2) is 0 Å². The van der Waals surface area contributed by atoms with E-state index in [9.17, 15) is 4.79 Å². The third-order valence-electron chi connectivity index (χ3n) is 3.50. The van der Waals surface area contributed by atoms with Gasteiger partial charge in [0.1, 0.15) is 12.3 Å². The topological polar surface area (TPSA) is 70.8 Å². The standard InChI is InChI=1S/C18H17NO5S/c1-21-14-6-5-12(8-15(14)22-2)9-18(20)23-11-13-10-16(24-19-13)17-4-3-7-25-17/h3-8,10H,9,11H2,1-2H3. The van der Waals surface area contributed by atoms with Gasteiger partial charge in [0.2, 0.25) is 0 Å². The van der Waals surface area contributed by atoms with E-state index in [0.717, 1.165) is 10.4 Å². The molecule has 6 nitrogen and oxygen atoms in total. The van der Waals surface area contributed by atoms with Crippen molar-refractivity contribution in [2.24, 2.45) is 0 Å². The molecule has 0 saturated heterocycles. The lowest BCUT2D eigenvalue weighted by atomic mass is 10.1. The summed E-state index contributed by atoms with van der Waals surface area (Å²) in [7, 11) is 3.11. The fourth-order valence-corrected chi connectivity index (χ4v) is 2.95. The van der Waals surface area contributed by atoms with Crippen molar-refractivity contribution in [3.63, 3.8) is 0 Å². The first-order valence-electron chi connectivity index (χ1n) is 7.55. The average Bonchev–Trinajstić information content (AvgIpc) is 3.31. The van der Waals surface area contributed by atoms with Crippen LogP contribution >= 0.6 is 11.3 Å². The molecule has 0 spiro atoms. The van der Waals surface area contributed by atoms with Gasteiger partial charge in [-0.15, -0.1) is 11.3 Å². The summed E-state index contributed by atoms with van der Waals surface area (Å²) in [5, 5.41) is 5.88. The maximum absolute atomic E-state index is 12.0. The molecule has 0 amide bonds. The molecule has 0 unspecified atom stereocenters. The monoisotopic (exact) mass is 359 g/mol. The molecule has 3 rings (SSSR count). The Bertz CT molecular complexity index is 841. The SMILES string of the molecule is COc1ccc(CC(=O)OCc2cc(-c3cccs3)on2)cc1OC. The predicted molar refractivity (Wildman–Crippen MR) is 92.9 cm³/mol. The van der Waals surface area contributed by atoms with Gasteiger partial charge in [-0.3, -0.25) is 4.79 Å². The van der Waals surface area contributed by atoms with Gasteiger partial charge < -0.3 is 18.7 Å². The van der Waals surface area contributed by atoms with Gasteiger partial charge in [-0.05, 0) is 29.1 Å². The van der Waals surface area contributed by atoms with Crippen LogP contribution in [0.25, 0.3) is 10.6 Å². The first kappa shape index (κ1) is 17.0. The number of methoxy groups -OCH3 is 2. The van der Waals surface area contributed by atoms with Gasteiger partial charge >= 0.3 is 5.97 Å². The van der Waals surface area contributed by atoms with Crippen molar-refractivity contribution in [2.75, 3.05) is 14.2 Å². The summed E-state index contributed by atoms with van der Waals surface area (Å²) in [4.78, 5) is 13.0. The smallest absolute Gasteiger partial charge is 0.310 e. The lowest BCUT2D eigenvalue weighted by molar-refractivity contribution is -0.144. The number of thiophene rings is 1. The summed E-state index contributed by atoms with van der Waals surface area (Å²) in [6.07, 6.45) is 0.135. The third kappa shape index (κ3) is 4.19. The van der Waals surface area contributed by atoms with Crippen LogP contribution in [0.15, 0.2) is 46.3 Å². The number of hydrogen-bond acceptors (Lipinski definition) is 7. The van der Waals surface area contributed by atoms with Crippen molar-refractivity contribution >= 4 is 17.3 Å². The van der Waals surface area contributed by atoms with Crippen LogP contribution < -0.4 is 9.47 Å². The molecule has 0 fully saturated rings. The van der Waals surface area contributed by atoms with Crippen LogP contribution in [0.2, 0.25) is 0 Å². The third-order valence-corrected chi connectivity index (χ3v) is 4.38. The number of carbonyl (C=O) groups is 1. The molecule has 0 aliphatic rings. The van der Waals surface area contributed by atoms with Gasteiger partial charge in [0, 0.05) is 6.07 Å². The number of benzene rings is 1. The summed E-state index contributed by atoms with van der Waals surface area (Å²) < 4.78 is 20.9. The molecule has 0 aliphatic heterocycles. The molecule has 0 aliphatic carbocycles. The van der Waals surface area contributed by atoms with Crippen LogP contribution in [0, 0.1) is 0 Å². The van der Waals surface area contributed by atoms with E-state index in [1.807, 2.05) is 17.5 Å². The summed E-state index contributed by atoms with van der Waals surface area (Å²) >= 11 is 1.56. The second kappa shape index (κ2) is 7.85. The van der Waals surface area contributed by atoms with Crippen LogP contribution in [-0.4, -0.2) is 25.3 Å². The van der Waals surface area contributed by atoms with E-state index in [2.05, 4.69) is 5.16 Å². The molecule has 25 heavy (non-hydrogen) atoms. The van der Waals surface area contributed by atoms with Crippen LogP contribution in [-0.2, 0) is 22.6 Å². The van der Waals surface area contributed by atoms with Gasteiger partial charge in [0.15, 0.2) is 17.3 Å². The van der Waals surface area contributed by atoms with Crippen LogP contribution in [0.4, 0.5) is 0 Å². The minimum absolute atomic E-state index is 0.0704. The first-order valence-corrected chi connectivity index (χ1v) is 8.43. The molecular formula is C18H17NO5S. The maximum Gasteiger partial charge on any atom is 0.310 e. The number of rotatable bonds is 7. The van der Waals surface area contributed by atoms with Crippen LogP contribution in [0.1, 0.15) is 11.3 Å². The molecule has 3 aromatic rings. The van der Waals surface area contributed by atoms with Crippen molar-refractivity contribution < 1.29 is 23.5 Å². The van der Waals surface area contributed by atoms with Crippen molar-refractivity contribution in [3.05, 3.63) is 53.0 Å². The van der Waals surface area contributed by atoms with Crippen molar-refractivity contribution in [1.29, 1.82) is 0 Å². The zero-order valence-electron chi connectivity index (χ0n) is 13.9. The number of hydrogen-bond donors (Lipinski definition) is 0. The Morgan fingerprint density at radius 3 is 2.72 bits per heavy atom. The predicted octanol–water partition coefficient (Wildman–Crippen LogP) is 3.71. The maximum atomic E-state index is 12.0. The number of ether oxygens (including phenoxy) is 3. The van der Waals surface area contributed by atoms with E-state index in [1.54, 1.807) is 49.8 Å². The number of aromatic nitrogens is 1. The molecule has 130 valence electrons. The molecule has 2 heterocycles. The Labute approximate surface area is 148 Å². The Kier molecular flexibility index (Phi) is 5.35. The highest BCUT2D eigenvalue weighted by Crippen LogP contribution is 2.28. The van der Waals surface area contributed by atoms with Crippen LogP contribution in [0.5, 0.6) is 11.5 Å². The van der Waals surface area contributed by atoms with Gasteiger partial charge in [0.25, 0.3) is 0 Å². The normalized spacial score (nSPS) is 10.5. The van der Waals surface area contributed by atoms with Crippen molar-refractivity contribution in [1.82, 2.24) is 5.16 Å². The first-order chi connectivity index (χ1) is 12.2. The van der Waals surface area contributed by atoms with Crippen molar-refractivity contribution in [2.45, 2.75) is 13.0 Å². The van der Waals surface area contributed by atoms with E-state index in [4.69, 9.17) is 18.7 Å². The van der Waals surface area contributed by atoms with Crippen LogP contribution in [0.3, 0.4) is 0 Å². The second-order valence-corrected chi connectivity index (χ2v) is 6.13. The molecule has 0 saturated carbocycles. The molecule has 7 heteroatoms. The summed E-state index contributed by atoms with van der Waals surface area (Å²) in [6, 6.07) is 11.0. The van der Waals surface area contributed by atoms with Crippen molar-refractivity contribution in [3.8, 4) is 22.1 Å². The fraction of sp³-hybridized carbons (Fsp3) is 0.222. The molecular weight excluding hydrogens is 342 g/mol.